The number of carboxylic acid groups (broad SMARTS) is 1. The number of aromatic amines is 1. The van der Waals surface area contributed by atoms with Crippen molar-refractivity contribution in [3.05, 3.63) is 69.8 Å². The Balaban J connectivity index is 2.07. The van der Waals surface area contributed by atoms with Gasteiger partial charge in [0.1, 0.15) is 6.04 Å². The van der Waals surface area contributed by atoms with Gasteiger partial charge in [-0.3, -0.25) is 9.69 Å². The molecule has 1 heterocycles. The smallest absolute Gasteiger partial charge is 0.408 e. The van der Waals surface area contributed by atoms with Gasteiger partial charge in [-0.2, -0.15) is 0 Å². The first-order valence-corrected chi connectivity index (χ1v) is 8.49. The van der Waals surface area contributed by atoms with Crippen LogP contribution in [0, 0.1) is 6.92 Å². The van der Waals surface area contributed by atoms with Gasteiger partial charge < -0.3 is 10.1 Å². The van der Waals surface area contributed by atoms with Crippen molar-refractivity contribution in [2.75, 3.05) is 0 Å². The molecular weight excluding hydrogens is 384 g/mol. The molecule has 1 unspecified atom stereocenters. The maximum Gasteiger partial charge on any atom is 0.408 e. The van der Waals surface area contributed by atoms with Gasteiger partial charge in [-0.1, -0.05) is 52.3 Å². The molecule has 0 aliphatic heterocycles. The third-order valence-electron chi connectivity index (χ3n) is 4.18. The molecule has 0 saturated carbocycles. The average Bonchev–Trinajstić information content (AvgIpc) is 3.05. The van der Waals surface area contributed by atoms with Crippen molar-refractivity contribution < 1.29 is 14.7 Å². The number of H-pyrrole nitrogens is 1. The number of aromatic nitrogens is 1. The van der Waals surface area contributed by atoms with Gasteiger partial charge in [-0.15, -0.1) is 0 Å². The Labute approximate surface area is 153 Å². The first kappa shape index (κ1) is 17.2. The van der Waals surface area contributed by atoms with Crippen LogP contribution in [0.15, 0.2) is 53.1 Å². The van der Waals surface area contributed by atoms with Crippen LogP contribution in [0.1, 0.15) is 22.7 Å². The van der Waals surface area contributed by atoms with E-state index in [0.29, 0.717) is 5.56 Å². The van der Waals surface area contributed by atoms with E-state index >= 15 is 0 Å². The molecule has 3 rings (SSSR count). The molecule has 6 heteroatoms. The van der Waals surface area contributed by atoms with Crippen molar-refractivity contribution >= 4 is 39.2 Å². The average molecular weight is 400 g/mol. The van der Waals surface area contributed by atoms with E-state index < -0.39 is 12.1 Å². The van der Waals surface area contributed by atoms with Gasteiger partial charge in [0.15, 0.2) is 0 Å². The van der Waals surface area contributed by atoms with E-state index in [1.54, 1.807) is 6.20 Å². The van der Waals surface area contributed by atoms with Gasteiger partial charge in [-0.25, -0.2) is 4.79 Å². The fraction of sp³-hybridized carbons (Fsp3) is 0.158. The molecule has 3 aromatic rings. The monoisotopic (exact) mass is 399 g/mol. The Morgan fingerprint density at radius 3 is 2.64 bits per heavy atom. The van der Waals surface area contributed by atoms with Crippen LogP contribution in [0.4, 0.5) is 4.79 Å². The van der Waals surface area contributed by atoms with Gasteiger partial charge in [0.05, 0.1) is 6.54 Å². The highest BCUT2D eigenvalue weighted by atomic mass is 79.9. The number of nitrogens with zero attached hydrogens (tertiary/aromatic N) is 1. The molecule has 0 aliphatic rings. The number of halogens is 1. The van der Waals surface area contributed by atoms with Crippen LogP contribution in [0.3, 0.4) is 0 Å². The van der Waals surface area contributed by atoms with E-state index in [2.05, 4.69) is 20.9 Å². The summed E-state index contributed by atoms with van der Waals surface area (Å²) >= 11 is 3.50. The maximum absolute atomic E-state index is 11.8. The first-order chi connectivity index (χ1) is 12.0. The van der Waals surface area contributed by atoms with Gasteiger partial charge in [0, 0.05) is 27.1 Å². The van der Waals surface area contributed by atoms with E-state index in [0.717, 1.165) is 31.4 Å². The van der Waals surface area contributed by atoms with E-state index in [4.69, 9.17) is 0 Å². The molecule has 2 N–H and O–H groups in total. The second-order valence-corrected chi connectivity index (χ2v) is 6.63. The van der Waals surface area contributed by atoms with E-state index in [1.165, 1.54) is 0 Å². The molecule has 5 nitrogen and oxygen atoms in total. The second-order valence-electron chi connectivity index (χ2n) is 5.77. The van der Waals surface area contributed by atoms with E-state index in [1.807, 2.05) is 55.7 Å². The van der Waals surface area contributed by atoms with Crippen LogP contribution in [-0.2, 0) is 11.3 Å². The summed E-state index contributed by atoms with van der Waals surface area (Å²) in [5.41, 5.74) is 3.27. The molecule has 0 saturated heterocycles. The second kappa shape index (κ2) is 7.11. The third-order valence-corrected chi connectivity index (χ3v) is 4.84. The van der Waals surface area contributed by atoms with Crippen LogP contribution >= 0.6 is 15.9 Å². The summed E-state index contributed by atoms with van der Waals surface area (Å²) in [5, 5.41) is 10.5. The highest BCUT2D eigenvalue weighted by molar-refractivity contribution is 9.10. The minimum Gasteiger partial charge on any atom is -0.465 e. The molecule has 0 bridgehead atoms. The highest BCUT2D eigenvalue weighted by Gasteiger charge is 2.28. The number of aryl methyl sites for hydroxylation is 1. The minimum absolute atomic E-state index is 0.103. The van der Waals surface area contributed by atoms with Crippen molar-refractivity contribution in [2.45, 2.75) is 19.5 Å². The largest absolute Gasteiger partial charge is 0.465 e. The van der Waals surface area contributed by atoms with Crippen molar-refractivity contribution in [1.29, 1.82) is 0 Å². The number of hydrogen-bond acceptors (Lipinski definition) is 2. The van der Waals surface area contributed by atoms with E-state index in [-0.39, 0.29) is 6.54 Å². The summed E-state index contributed by atoms with van der Waals surface area (Å²) in [4.78, 5) is 27.8. The summed E-state index contributed by atoms with van der Waals surface area (Å²) in [6, 6.07) is 12.0. The fourth-order valence-electron chi connectivity index (χ4n) is 2.93. The Kier molecular flexibility index (Phi) is 4.90. The zero-order chi connectivity index (χ0) is 18.0. The summed E-state index contributed by atoms with van der Waals surface area (Å²) in [6.45, 7) is 2.06. The molecule has 1 amide bonds. The Morgan fingerprint density at radius 2 is 2.00 bits per heavy atom. The lowest BCUT2D eigenvalue weighted by Gasteiger charge is -2.25. The van der Waals surface area contributed by atoms with Gasteiger partial charge in [0.25, 0.3) is 0 Å². The third kappa shape index (κ3) is 3.30. The highest BCUT2D eigenvalue weighted by Crippen LogP contribution is 2.34. The Hall–Kier alpha value is -2.60. The standard InChI is InChI=1S/C19H16BrN2O3/c1-12-7-8-15(20)17-14(9-21-18(12)17)16(11-23)22(19(24)25)10-13-5-3-2-4-6-13/h2-9,16,21H,10H2,1H3,(H,24,25). The number of hydrogen-bond donors (Lipinski definition) is 2. The molecule has 1 radical (unpaired) electrons. The number of amides is 1. The van der Waals surface area contributed by atoms with Crippen LogP contribution in [0.5, 0.6) is 0 Å². The van der Waals surface area contributed by atoms with Crippen molar-refractivity contribution in [1.82, 2.24) is 9.88 Å². The number of nitrogens with one attached hydrogen (secondary N) is 1. The lowest BCUT2D eigenvalue weighted by Crippen LogP contribution is -2.34. The first-order valence-electron chi connectivity index (χ1n) is 7.70. The topological polar surface area (TPSA) is 73.4 Å². The summed E-state index contributed by atoms with van der Waals surface area (Å²) in [7, 11) is 0. The molecule has 25 heavy (non-hydrogen) atoms. The molecule has 0 aliphatic carbocycles. The summed E-state index contributed by atoms with van der Waals surface area (Å²) in [5.74, 6) is 0. The molecule has 1 atom stereocenters. The predicted molar refractivity (Wildman–Crippen MR) is 99.2 cm³/mol. The number of carbonyl (C=O) groups excluding carboxylic acids is 1. The Morgan fingerprint density at radius 1 is 1.28 bits per heavy atom. The zero-order valence-electron chi connectivity index (χ0n) is 13.5. The van der Waals surface area contributed by atoms with E-state index in [9.17, 15) is 14.7 Å². The van der Waals surface area contributed by atoms with Gasteiger partial charge in [0.2, 0.25) is 6.29 Å². The zero-order valence-corrected chi connectivity index (χ0v) is 15.1. The fourth-order valence-corrected chi connectivity index (χ4v) is 3.49. The quantitative estimate of drug-likeness (QED) is 0.659. The summed E-state index contributed by atoms with van der Waals surface area (Å²) in [6.07, 6.45) is 2.41. The number of carbonyl (C=O) groups is 1. The SMILES string of the molecule is Cc1ccc(Br)c2c(C([C]=O)N(Cc3ccccc3)C(=O)O)c[nH]c12. The lowest BCUT2D eigenvalue weighted by atomic mass is 10.0. The van der Waals surface area contributed by atoms with Crippen molar-refractivity contribution in [3.8, 4) is 0 Å². The Bertz CT molecular complexity index is 921. The number of rotatable bonds is 5. The minimum atomic E-state index is -1.17. The van der Waals surface area contributed by atoms with Crippen LogP contribution in [0.2, 0.25) is 0 Å². The van der Waals surface area contributed by atoms with Gasteiger partial charge >= 0.3 is 6.09 Å². The van der Waals surface area contributed by atoms with Crippen molar-refractivity contribution in [3.63, 3.8) is 0 Å². The van der Waals surface area contributed by atoms with Crippen LogP contribution in [-0.4, -0.2) is 27.4 Å². The molecular formula is C19H16BrN2O3. The maximum atomic E-state index is 11.8. The molecule has 127 valence electrons. The van der Waals surface area contributed by atoms with Crippen molar-refractivity contribution in [2.24, 2.45) is 0 Å². The molecule has 2 aromatic carbocycles. The van der Waals surface area contributed by atoms with Gasteiger partial charge in [-0.05, 0) is 24.1 Å². The molecule has 0 spiro atoms. The number of fused-ring (bicyclic) bond motifs is 1. The summed E-state index contributed by atoms with van der Waals surface area (Å²) < 4.78 is 0.801. The normalized spacial score (nSPS) is 12.1. The van der Waals surface area contributed by atoms with Crippen LogP contribution < -0.4 is 0 Å². The number of benzene rings is 2. The van der Waals surface area contributed by atoms with Crippen LogP contribution in [0.25, 0.3) is 10.9 Å². The predicted octanol–water partition coefficient (Wildman–Crippen LogP) is 4.57. The molecule has 0 fully saturated rings. The molecule has 1 aromatic heterocycles. The lowest BCUT2D eigenvalue weighted by molar-refractivity contribution is 0.133.